The van der Waals surface area contributed by atoms with Gasteiger partial charge in [0.15, 0.2) is 0 Å². The first-order chi connectivity index (χ1) is 9.53. The first-order valence-corrected chi connectivity index (χ1v) is 8.21. The Labute approximate surface area is 119 Å². The Kier molecular flexibility index (Phi) is 5.03. The van der Waals surface area contributed by atoms with Crippen LogP contribution in [-0.4, -0.2) is 41.8 Å². The molecule has 1 fully saturated rings. The summed E-state index contributed by atoms with van der Waals surface area (Å²) in [5.74, 6) is 0. The van der Waals surface area contributed by atoms with Gasteiger partial charge in [-0.05, 0) is 19.8 Å². The fourth-order valence-electron chi connectivity index (χ4n) is 2.28. The van der Waals surface area contributed by atoms with E-state index in [1.54, 1.807) is 12.4 Å². The van der Waals surface area contributed by atoms with Gasteiger partial charge in [0.05, 0.1) is 24.1 Å². The molecule has 1 saturated heterocycles. The molecule has 2 rings (SSSR count). The first kappa shape index (κ1) is 15.3. The van der Waals surface area contributed by atoms with Gasteiger partial charge in [0.25, 0.3) is 10.2 Å². The van der Waals surface area contributed by atoms with Crippen LogP contribution in [0.5, 0.6) is 0 Å². The number of hydrogen-bond donors (Lipinski definition) is 2. The topological polar surface area (TPSA) is 101 Å². The Bertz CT molecular complexity index is 531. The molecule has 1 aromatic heterocycles. The molecule has 1 aromatic rings. The molecule has 0 aliphatic carbocycles. The molecular weight excluding hydrogens is 278 g/mol. The maximum absolute atomic E-state index is 12.3. The zero-order chi connectivity index (χ0) is 14.6. The van der Waals surface area contributed by atoms with Crippen LogP contribution in [0.25, 0.3) is 0 Å². The van der Waals surface area contributed by atoms with E-state index in [0.717, 1.165) is 25.0 Å². The van der Waals surface area contributed by atoms with Crippen molar-refractivity contribution in [2.75, 3.05) is 13.1 Å². The average molecular weight is 299 g/mol. The molecule has 0 bridgehead atoms. The molecule has 0 saturated carbocycles. The highest BCUT2D eigenvalue weighted by molar-refractivity contribution is 7.87. The standard InChI is InChI=1S/C12H21N5O2S/c1-10-7-15-11(8-14-10)9-16-20(18,19)17-5-3-2-4-12(17)6-13/h7-8,12,16H,2-6,9,13H2,1H3. The summed E-state index contributed by atoms with van der Waals surface area (Å²) in [5, 5.41) is 0. The van der Waals surface area contributed by atoms with Crippen LogP contribution in [0.4, 0.5) is 0 Å². The van der Waals surface area contributed by atoms with E-state index in [1.807, 2.05) is 6.92 Å². The Morgan fingerprint density at radius 2 is 2.20 bits per heavy atom. The van der Waals surface area contributed by atoms with Crippen molar-refractivity contribution in [2.45, 2.75) is 38.8 Å². The third-order valence-electron chi connectivity index (χ3n) is 3.42. The zero-order valence-electron chi connectivity index (χ0n) is 11.6. The lowest BCUT2D eigenvalue weighted by molar-refractivity contribution is 0.254. The van der Waals surface area contributed by atoms with Crippen molar-refractivity contribution in [2.24, 2.45) is 5.73 Å². The van der Waals surface area contributed by atoms with Crippen molar-refractivity contribution in [3.63, 3.8) is 0 Å². The molecule has 8 heteroatoms. The maximum atomic E-state index is 12.3. The highest BCUT2D eigenvalue weighted by Crippen LogP contribution is 2.18. The quantitative estimate of drug-likeness (QED) is 0.792. The van der Waals surface area contributed by atoms with E-state index >= 15 is 0 Å². The summed E-state index contributed by atoms with van der Waals surface area (Å²) < 4.78 is 28.7. The first-order valence-electron chi connectivity index (χ1n) is 6.77. The predicted octanol–water partition coefficient (Wildman–Crippen LogP) is -0.0674. The highest BCUT2D eigenvalue weighted by atomic mass is 32.2. The zero-order valence-corrected chi connectivity index (χ0v) is 12.4. The number of hydrogen-bond acceptors (Lipinski definition) is 5. The van der Waals surface area contributed by atoms with Gasteiger partial charge >= 0.3 is 0 Å². The summed E-state index contributed by atoms with van der Waals surface area (Å²) >= 11 is 0. The lowest BCUT2D eigenvalue weighted by Gasteiger charge is -2.33. The van der Waals surface area contributed by atoms with E-state index in [9.17, 15) is 8.42 Å². The van der Waals surface area contributed by atoms with Crippen molar-refractivity contribution in [1.82, 2.24) is 19.0 Å². The van der Waals surface area contributed by atoms with Crippen LogP contribution >= 0.6 is 0 Å². The Morgan fingerprint density at radius 3 is 2.85 bits per heavy atom. The second-order valence-corrected chi connectivity index (χ2v) is 6.68. The number of piperidine rings is 1. The average Bonchev–Trinajstić information content (AvgIpc) is 2.46. The molecule has 2 heterocycles. The van der Waals surface area contributed by atoms with Crippen LogP contribution in [-0.2, 0) is 16.8 Å². The molecule has 0 amide bonds. The van der Waals surface area contributed by atoms with Gasteiger partial charge in [-0.15, -0.1) is 0 Å². The summed E-state index contributed by atoms with van der Waals surface area (Å²) in [4.78, 5) is 8.23. The molecule has 1 aliphatic heterocycles. The SMILES string of the molecule is Cc1cnc(CNS(=O)(=O)N2CCCCC2CN)cn1. The van der Waals surface area contributed by atoms with Crippen LogP contribution in [0.1, 0.15) is 30.7 Å². The summed E-state index contributed by atoms with van der Waals surface area (Å²) in [6.07, 6.45) is 5.92. The Hall–Kier alpha value is -1.09. The van der Waals surface area contributed by atoms with Crippen molar-refractivity contribution in [3.05, 3.63) is 23.8 Å². The summed E-state index contributed by atoms with van der Waals surface area (Å²) in [5.41, 5.74) is 7.06. The van der Waals surface area contributed by atoms with Gasteiger partial charge in [0.2, 0.25) is 0 Å². The van der Waals surface area contributed by atoms with E-state index in [0.29, 0.717) is 18.8 Å². The minimum absolute atomic E-state index is 0.106. The van der Waals surface area contributed by atoms with Gasteiger partial charge in [0.1, 0.15) is 0 Å². The lowest BCUT2D eigenvalue weighted by atomic mass is 10.1. The van der Waals surface area contributed by atoms with Crippen molar-refractivity contribution < 1.29 is 8.42 Å². The van der Waals surface area contributed by atoms with E-state index in [2.05, 4.69) is 14.7 Å². The fourth-order valence-corrected chi connectivity index (χ4v) is 3.73. The predicted molar refractivity (Wildman–Crippen MR) is 75.9 cm³/mol. The monoisotopic (exact) mass is 299 g/mol. The van der Waals surface area contributed by atoms with Gasteiger partial charge in [-0.3, -0.25) is 9.97 Å². The van der Waals surface area contributed by atoms with Crippen molar-refractivity contribution in [3.8, 4) is 0 Å². The molecule has 0 aromatic carbocycles. The minimum atomic E-state index is -3.52. The van der Waals surface area contributed by atoms with E-state index in [1.165, 1.54) is 4.31 Å². The molecule has 3 N–H and O–H groups in total. The van der Waals surface area contributed by atoms with E-state index in [-0.39, 0.29) is 12.6 Å². The maximum Gasteiger partial charge on any atom is 0.280 e. The summed E-state index contributed by atoms with van der Waals surface area (Å²) in [6.45, 7) is 2.85. The molecule has 7 nitrogen and oxygen atoms in total. The second kappa shape index (κ2) is 6.57. The second-order valence-electron chi connectivity index (χ2n) is 4.97. The largest absolute Gasteiger partial charge is 0.329 e. The smallest absolute Gasteiger partial charge is 0.280 e. The molecular formula is C12H21N5O2S. The van der Waals surface area contributed by atoms with Crippen LogP contribution in [0, 0.1) is 6.92 Å². The van der Waals surface area contributed by atoms with Crippen LogP contribution in [0.3, 0.4) is 0 Å². The van der Waals surface area contributed by atoms with Crippen LogP contribution in [0.15, 0.2) is 12.4 Å². The molecule has 112 valence electrons. The highest BCUT2D eigenvalue weighted by Gasteiger charge is 2.31. The van der Waals surface area contributed by atoms with Crippen molar-refractivity contribution in [1.29, 1.82) is 0 Å². The fraction of sp³-hybridized carbons (Fsp3) is 0.667. The van der Waals surface area contributed by atoms with Crippen LogP contribution < -0.4 is 10.5 Å². The molecule has 0 radical (unpaired) electrons. The third-order valence-corrected chi connectivity index (χ3v) is 5.03. The molecule has 0 spiro atoms. The normalized spacial score (nSPS) is 21.0. The molecule has 1 atom stereocenters. The van der Waals surface area contributed by atoms with Gasteiger partial charge in [-0.25, -0.2) is 0 Å². The number of aromatic nitrogens is 2. The number of nitrogens with one attached hydrogen (secondary N) is 1. The van der Waals surface area contributed by atoms with Crippen molar-refractivity contribution >= 4 is 10.2 Å². The summed E-state index contributed by atoms with van der Waals surface area (Å²) in [7, 11) is -3.52. The number of rotatable bonds is 5. The van der Waals surface area contributed by atoms with Crippen LogP contribution in [0.2, 0.25) is 0 Å². The third kappa shape index (κ3) is 3.72. The Morgan fingerprint density at radius 1 is 1.40 bits per heavy atom. The number of aryl methyl sites for hydroxylation is 1. The lowest BCUT2D eigenvalue weighted by Crippen LogP contribution is -2.51. The van der Waals surface area contributed by atoms with E-state index < -0.39 is 10.2 Å². The van der Waals surface area contributed by atoms with Gasteiger partial charge in [-0.1, -0.05) is 6.42 Å². The number of nitrogens with zero attached hydrogens (tertiary/aromatic N) is 3. The molecule has 20 heavy (non-hydrogen) atoms. The van der Waals surface area contributed by atoms with Gasteiger partial charge in [0, 0.05) is 25.3 Å². The molecule has 1 unspecified atom stereocenters. The summed E-state index contributed by atoms with van der Waals surface area (Å²) in [6, 6.07) is -0.106. The number of nitrogens with two attached hydrogens (primary N) is 1. The minimum Gasteiger partial charge on any atom is -0.329 e. The van der Waals surface area contributed by atoms with Gasteiger partial charge < -0.3 is 5.73 Å². The van der Waals surface area contributed by atoms with Gasteiger partial charge in [-0.2, -0.15) is 17.4 Å². The Balaban J connectivity index is 2.01. The molecule has 1 aliphatic rings. The van der Waals surface area contributed by atoms with E-state index in [4.69, 9.17) is 5.73 Å².